The molecular weight excluding hydrogens is 244 g/mol. The molecule has 2 aromatic rings. The smallest absolute Gasteiger partial charge is 0.356 e. The van der Waals surface area contributed by atoms with Crippen molar-refractivity contribution in [3.63, 3.8) is 0 Å². The van der Waals surface area contributed by atoms with Crippen LogP contribution in [0.25, 0.3) is 5.65 Å². The Balaban J connectivity index is 2.33. The second-order valence-electron chi connectivity index (χ2n) is 5.84. The molecule has 2 rings (SSSR count). The molecule has 0 radical (unpaired) electrons. The minimum Gasteiger partial charge on any atom is -0.476 e. The average Bonchev–Trinajstić information content (AvgIpc) is 2.69. The van der Waals surface area contributed by atoms with E-state index in [-0.39, 0.29) is 11.1 Å². The maximum atomic E-state index is 10.9. The summed E-state index contributed by atoms with van der Waals surface area (Å²) < 4.78 is 1.50. The predicted molar refractivity (Wildman–Crippen MR) is 72.7 cm³/mol. The lowest BCUT2D eigenvalue weighted by Crippen LogP contribution is -2.30. The molecule has 0 bridgehead atoms. The van der Waals surface area contributed by atoms with Crippen molar-refractivity contribution in [2.45, 2.75) is 20.8 Å². The first-order valence-corrected chi connectivity index (χ1v) is 6.07. The summed E-state index contributed by atoms with van der Waals surface area (Å²) in [6, 6.07) is 3.62. The fraction of sp³-hybridized carbons (Fsp3) is 0.462. The molecule has 0 aliphatic carbocycles. The number of imidazole rings is 1. The molecule has 0 atom stereocenters. The highest BCUT2D eigenvalue weighted by Gasteiger charge is 2.16. The van der Waals surface area contributed by atoms with Crippen LogP contribution in [0.2, 0.25) is 0 Å². The molecule has 0 aliphatic heterocycles. The summed E-state index contributed by atoms with van der Waals surface area (Å²) in [5.74, 6) is -0.258. The molecule has 1 N–H and O–H groups in total. The van der Waals surface area contributed by atoms with Crippen molar-refractivity contribution in [3.8, 4) is 0 Å². The lowest BCUT2D eigenvalue weighted by Gasteiger charge is -2.27. The van der Waals surface area contributed by atoms with Crippen molar-refractivity contribution in [1.82, 2.24) is 14.6 Å². The molecule has 0 unspecified atom stereocenters. The van der Waals surface area contributed by atoms with Crippen LogP contribution in [-0.4, -0.2) is 39.3 Å². The number of carboxylic acids is 1. The highest BCUT2D eigenvalue weighted by Crippen LogP contribution is 2.19. The largest absolute Gasteiger partial charge is 0.476 e. The Bertz CT molecular complexity index is 613. The standard InChI is InChI=1S/C13H18N4O2/c1-13(2,3)8-16(4)11-6-5-10-14-9(12(18)19)7-17(10)15-11/h5-7H,8H2,1-4H3,(H,18,19). The molecule has 0 saturated heterocycles. The van der Waals surface area contributed by atoms with Crippen LogP contribution in [-0.2, 0) is 0 Å². The van der Waals surface area contributed by atoms with Crippen molar-refractivity contribution in [2.24, 2.45) is 5.41 Å². The topological polar surface area (TPSA) is 70.7 Å². The van der Waals surface area contributed by atoms with Crippen molar-refractivity contribution < 1.29 is 9.90 Å². The zero-order chi connectivity index (χ0) is 14.2. The lowest BCUT2D eigenvalue weighted by atomic mass is 9.96. The van der Waals surface area contributed by atoms with Gasteiger partial charge in [0.05, 0.1) is 6.20 Å². The van der Waals surface area contributed by atoms with E-state index in [1.54, 1.807) is 6.07 Å². The van der Waals surface area contributed by atoms with Crippen LogP contribution >= 0.6 is 0 Å². The predicted octanol–water partition coefficient (Wildman–Crippen LogP) is 1.91. The van der Waals surface area contributed by atoms with Gasteiger partial charge in [-0.1, -0.05) is 20.8 Å². The lowest BCUT2D eigenvalue weighted by molar-refractivity contribution is 0.0691. The number of hydrogen-bond donors (Lipinski definition) is 1. The summed E-state index contributed by atoms with van der Waals surface area (Å²) in [7, 11) is 1.97. The molecular formula is C13H18N4O2. The molecule has 2 heterocycles. The Morgan fingerprint density at radius 2 is 2.11 bits per heavy atom. The second kappa shape index (κ2) is 4.53. The number of anilines is 1. The number of aromatic nitrogens is 3. The van der Waals surface area contributed by atoms with Gasteiger partial charge in [0.15, 0.2) is 11.3 Å². The Morgan fingerprint density at radius 1 is 1.42 bits per heavy atom. The fourth-order valence-electron chi connectivity index (χ4n) is 1.97. The quantitative estimate of drug-likeness (QED) is 0.915. The first-order chi connectivity index (χ1) is 8.76. The van der Waals surface area contributed by atoms with Gasteiger partial charge < -0.3 is 10.0 Å². The molecule has 0 spiro atoms. The van der Waals surface area contributed by atoms with Gasteiger partial charge in [0.2, 0.25) is 0 Å². The number of rotatable bonds is 3. The first kappa shape index (κ1) is 13.3. The van der Waals surface area contributed by atoms with Gasteiger partial charge in [0.25, 0.3) is 0 Å². The summed E-state index contributed by atoms with van der Waals surface area (Å²) in [5.41, 5.74) is 0.695. The van der Waals surface area contributed by atoms with Crippen LogP contribution in [0.3, 0.4) is 0 Å². The van der Waals surface area contributed by atoms with E-state index in [2.05, 4.69) is 30.9 Å². The zero-order valence-corrected chi connectivity index (χ0v) is 11.6. The maximum Gasteiger partial charge on any atom is 0.356 e. The molecule has 6 nitrogen and oxygen atoms in total. The van der Waals surface area contributed by atoms with E-state index in [1.165, 1.54) is 10.7 Å². The van der Waals surface area contributed by atoms with Crippen LogP contribution in [0.15, 0.2) is 18.3 Å². The van der Waals surface area contributed by atoms with E-state index in [9.17, 15) is 4.79 Å². The molecule has 0 aliphatic rings. The fourth-order valence-corrected chi connectivity index (χ4v) is 1.97. The van der Waals surface area contributed by atoms with E-state index < -0.39 is 5.97 Å². The Hall–Kier alpha value is -2.11. The Kier molecular flexibility index (Phi) is 3.18. The molecule has 2 aromatic heterocycles. The van der Waals surface area contributed by atoms with Crippen LogP contribution in [0.1, 0.15) is 31.3 Å². The van der Waals surface area contributed by atoms with Crippen LogP contribution in [0.5, 0.6) is 0 Å². The number of fused-ring (bicyclic) bond motifs is 1. The molecule has 0 saturated carbocycles. The summed E-state index contributed by atoms with van der Waals surface area (Å²) >= 11 is 0. The number of nitrogens with zero attached hydrogens (tertiary/aromatic N) is 4. The molecule has 0 amide bonds. The number of hydrogen-bond acceptors (Lipinski definition) is 4. The molecule has 0 fully saturated rings. The molecule has 102 valence electrons. The third kappa shape index (κ3) is 3.01. The van der Waals surface area contributed by atoms with Gasteiger partial charge in [-0.05, 0) is 17.5 Å². The maximum absolute atomic E-state index is 10.9. The van der Waals surface area contributed by atoms with Gasteiger partial charge in [0, 0.05) is 13.6 Å². The number of carbonyl (C=O) groups is 1. The van der Waals surface area contributed by atoms with Gasteiger partial charge in [-0.2, -0.15) is 0 Å². The van der Waals surface area contributed by atoms with Crippen molar-refractivity contribution in [3.05, 3.63) is 24.0 Å². The van der Waals surface area contributed by atoms with E-state index in [0.717, 1.165) is 12.4 Å². The van der Waals surface area contributed by atoms with Crippen LogP contribution < -0.4 is 4.90 Å². The van der Waals surface area contributed by atoms with Gasteiger partial charge in [0.1, 0.15) is 5.82 Å². The Morgan fingerprint density at radius 3 is 2.68 bits per heavy atom. The van der Waals surface area contributed by atoms with E-state index in [4.69, 9.17) is 5.11 Å². The molecule has 6 heteroatoms. The third-order valence-corrected chi connectivity index (χ3v) is 2.63. The van der Waals surface area contributed by atoms with Gasteiger partial charge in [-0.15, -0.1) is 5.10 Å². The second-order valence-corrected chi connectivity index (χ2v) is 5.84. The van der Waals surface area contributed by atoms with E-state index in [0.29, 0.717) is 5.65 Å². The number of aromatic carboxylic acids is 1. The van der Waals surface area contributed by atoms with Gasteiger partial charge in [-0.3, -0.25) is 0 Å². The average molecular weight is 262 g/mol. The summed E-state index contributed by atoms with van der Waals surface area (Å²) in [6.45, 7) is 7.32. The minimum atomic E-state index is -1.05. The molecule has 0 aromatic carbocycles. The Labute approximate surface area is 111 Å². The van der Waals surface area contributed by atoms with Crippen molar-refractivity contribution >= 4 is 17.4 Å². The summed E-state index contributed by atoms with van der Waals surface area (Å²) in [4.78, 5) is 16.9. The number of carboxylic acid groups (broad SMARTS) is 1. The third-order valence-electron chi connectivity index (χ3n) is 2.63. The highest BCUT2D eigenvalue weighted by molar-refractivity contribution is 5.86. The van der Waals surface area contributed by atoms with Gasteiger partial charge >= 0.3 is 5.97 Å². The zero-order valence-electron chi connectivity index (χ0n) is 11.6. The van der Waals surface area contributed by atoms with Gasteiger partial charge in [-0.25, -0.2) is 14.3 Å². The normalized spacial score (nSPS) is 11.8. The highest BCUT2D eigenvalue weighted by atomic mass is 16.4. The van der Waals surface area contributed by atoms with Crippen LogP contribution in [0, 0.1) is 5.41 Å². The van der Waals surface area contributed by atoms with Crippen molar-refractivity contribution in [2.75, 3.05) is 18.5 Å². The van der Waals surface area contributed by atoms with Crippen LogP contribution in [0.4, 0.5) is 5.82 Å². The SMILES string of the molecule is CN(CC(C)(C)C)c1ccc2nc(C(=O)O)cn2n1. The van der Waals surface area contributed by atoms with E-state index in [1.807, 2.05) is 18.0 Å². The minimum absolute atomic E-state index is 0.00289. The van der Waals surface area contributed by atoms with E-state index >= 15 is 0 Å². The molecule has 19 heavy (non-hydrogen) atoms. The van der Waals surface area contributed by atoms with Crippen molar-refractivity contribution in [1.29, 1.82) is 0 Å². The summed E-state index contributed by atoms with van der Waals surface area (Å²) in [5, 5.41) is 13.3. The monoisotopic (exact) mass is 262 g/mol. The summed E-state index contributed by atoms with van der Waals surface area (Å²) in [6.07, 6.45) is 1.42. The first-order valence-electron chi connectivity index (χ1n) is 6.07.